The van der Waals surface area contributed by atoms with Gasteiger partial charge in [-0.15, -0.1) is 0 Å². The summed E-state index contributed by atoms with van der Waals surface area (Å²) in [4.78, 5) is 12.6. The van der Waals surface area contributed by atoms with Gasteiger partial charge in [-0.1, -0.05) is 17.7 Å². The summed E-state index contributed by atoms with van der Waals surface area (Å²) in [6.45, 7) is -0.461. The fourth-order valence-corrected chi connectivity index (χ4v) is 3.40. The molecule has 0 aromatic heterocycles. The van der Waals surface area contributed by atoms with Gasteiger partial charge in [-0.05, 0) is 12.1 Å². The Balaban J connectivity index is 2.51. The lowest BCUT2D eigenvalue weighted by Crippen LogP contribution is -2.29. The Labute approximate surface area is 127 Å². The van der Waals surface area contributed by atoms with Crippen LogP contribution in [0.2, 0.25) is 5.02 Å². The number of para-hydroxylation sites is 1. The molecule has 1 amide bonds. The van der Waals surface area contributed by atoms with Crippen LogP contribution in [0.4, 0.5) is 18.9 Å². The van der Waals surface area contributed by atoms with E-state index < -0.39 is 50.6 Å². The zero-order valence-corrected chi connectivity index (χ0v) is 12.5. The molecule has 0 N–H and O–H groups in total. The predicted molar refractivity (Wildman–Crippen MR) is 72.0 cm³/mol. The molecule has 1 aliphatic rings. The van der Waals surface area contributed by atoms with Gasteiger partial charge in [0.25, 0.3) is 0 Å². The molecule has 0 spiro atoms. The van der Waals surface area contributed by atoms with Crippen molar-refractivity contribution in [3.8, 4) is 0 Å². The van der Waals surface area contributed by atoms with Gasteiger partial charge >= 0.3 is 6.18 Å². The Hall–Kier alpha value is -0.990. The summed E-state index contributed by atoms with van der Waals surface area (Å²) in [7, 11) is 1.11. The maximum absolute atomic E-state index is 13.0. The number of benzene rings is 1. The quantitative estimate of drug-likeness (QED) is 0.760. The second kappa shape index (κ2) is 5.33. The van der Waals surface area contributed by atoms with Gasteiger partial charge in [0.1, 0.15) is 5.25 Å². The van der Waals surface area contributed by atoms with Gasteiger partial charge in [0, 0.05) is 23.6 Å². The summed E-state index contributed by atoms with van der Waals surface area (Å²) >= 11 is 5.77. The van der Waals surface area contributed by atoms with Crippen LogP contribution in [0.1, 0.15) is 12.0 Å². The van der Waals surface area contributed by atoms with Crippen LogP contribution in [-0.2, 0) is 20.0 Å². The molecule has 0 aliphatic carbocycles. The van der Waals surface area contributed by atoms with E-state index >= 15 is 0 Å². The number of carbonyl (C=O) groups excluding carboxylic acids is 1. The van der Waals surface area contributed by atoms with E-state index in [1.165, 1.54) is 6.07 Å². The van der Waals surface area contributed by atoms with Crippen molar-refractivity contribution in [1.82, 2.24) is 0 Å². The van der Waals surface area contributed by atoms with Crippen molar-refractivity contribution >= 4 is 42.9 Å². The zero-order valence-electron chi connectivity index (χ0n) is 10.2. The Morgan fingerprint density at radius 1 is 1.29 bits per heavy atom. The molecule has 0 saturated carbocycles. The Bertz CT molecular complexity index is 690. The Morgan fingerprint density at radius 3 is 2.38 bits per heavy atom. The van der Waals surface area contributed by atoms with Gasteiger partial charge < -0.3 is 4.90 Å². The van der Waals surface area contributed by atoms with Crippen molar-refractivity contribution in [3.05, 3.63) is 28.8 Å². The first-order chi connectivity index (χ1) is 9.51. The molecule has 2 rings (SSSR count). The summed E-state index contributed by atoms with van der Waals surface area (Å²) in [5.74, 6) is -0.775. The first kappa shape index (κ1) is 16.4. The summed E-state index contributed by atoms with van der Waals surface area (Å²) in [5.41, 5.74) is -1.64. The van der Waals surface area contributed by atoms with Crippen LogP contribution in [0.3, 0.4) is 0 Å². The van der Waals surface area contributed by atoms with Crippen molar-refractivity contribution in [2.45, 2.75) is 17.8 Å². The maximum Gasteiger partial charge on any atom is 0.418 e. The van der Waals surface area contributed by atoms with Crippen molar-refractivity contribution in [2.24, 2.45) is 0 Å². The molecular weight excluding hydrogens is 354 g/mol. The smallest absolute Gasteiger partial charge is 0.309 e. The van der Waals surface area contributed by atoms with E-state index in [2.05, 4.69) is 0 Å². The number of alkyl halides is 3. The number of carbonyl (C=O) groups is 1. The average Bonchev–Trinajstić information content (AvgIpc) is 2.69. The SMILES string of the molecule is O=C1CC(S(=O)(=O)Cl)CN1c1c(Cl)cccc1C(F)(F)F. The molecule has 10 heteroatoms. The minimum absolute atomic E-state index is 0.286. The normalized spacial score (nSPS) is 20.1. The van der Waals surface area contributed by atoms with Crippen LogP contribution < -0.4 is 4.90 Å². The van der Waals surface area contributed by atoms with Crippen LogP contribution >= 0.6 is 22.3 Å². The molecule has 0 bridgehead atoms. The van der Waals surface area contributed by atoms with E-state index in [-0.39, 0.29) is 5.02 Å². The van der Waals surface area contributed by atoms with Crippen LogP contribution in [0.5, 0.6) is 0 Å². The highest BCUT2D eigenvalue weighted by atomic mass is 35.7. The summed E-state index contributed by atoms with van der Waals surface area (Å²) in [6.07, 6.45) is -5.20. The van der Waals surface area contributed by atoms with Gasteiger partial charge in [0.05, 0.1) is 16.3 Å². The van der Waals surface area contributed by atoms with Crippen LogP contribution in [0.25, 0.3) is 0 Å². The Morgan fingerprint density at radius 2 is 1.90 bits per heavy atom. The average molecular weight is 362 g/mol. The molecule has 1 aliphatic heterocycles. The van der Waals surface area contributed by atoms with E-state index in [0.717, 1.165) is 17.0 Å². The fraction of sp³-hybridized carbons (Fsp3) is 0.364. The number of hydrogen-bond acceptors (Lipinski definition) is 3. The minimum atomic E-state index is -4.72. The molecule has 1 aromatic rings. The number of halogens is 5. The van der Waals surface area contributed by atoms with Crippen molar-refractivity contribution in [2.75, 3.05) is 11.4 Å². The van der Waals surface area contributed by atoms with Gasteiger partial charge in [0.2, 0.25) is 15.0 Å². The lowest BCUT2D eigenvalue weighted by molar-refractivity contribution is -0.137. The third-order valence-corrected chi connectivity index (χ3v) is 5.22. The number of nitrogens with zero attached hydrogens (tertiary/aromatic N) is 1. The molecule has 0 radical (unpaired) electrons. The molecule has 1 aromatic carbocycles. The lowest BCUT2D eigenvalue weighted by atomic mass is 10.1. The minimum Gasteiger partial charge on any atom is -0.309 e. The van der Waals surface area contributed by atoms with Gasteiger partial charge in [-0.25, -0.2) is 8.42 Å². The van der Waals surface area contributed by atoms with Crippen molar-refractivity contribution < 1.29 is 26.4 Å². The highest BCUT2D eigenvalue weighted by molar-refractivity contribution is 8.14. The lowest BCUT2D eigenvalue weighted by Gasteiger charge is -2.22. The number of anilines is 1. The molecule has 1 atom stereocenters. The molecule has 1 saturated heterocycles. The van der Waals surface area contributed by atoms with E-state index in [1.807, 2.05) is 0 Å². The fourth-order valence-electron chi connectivity index (χ4n) is 2.10. The zero-order chi connectivity index (χ0) is 16.0. The Kier molecular flexibility index (Phi) is 4.16. The number of rotatable bonds is 2. The molecule has 1 heterocycles. The highest BCUT2D eigenvalue weighted by Gasteiger charge is 2.43. The molecule has 21 heavy (non-hydrogen) atoms. The van der Waals surface area contributed by atoms with Gasteiger partial charge in [0.15, 0.2) is 0 Å². The van der Waals surface area contributed by atoms with Crippen LogP contribution in [0.15, 0.2) is 18.2 Å². The van der Waals surface area contributed by atoms with E-state index in [1.54, 1.807) is 0 Å². The van der Waals surface area contributed by atoms with Crippen LogP contribution in [0, 0.1) is 0 Å². The maximum atomic E-state index is 13.0. The monoisotopic (exact) mass is 361 g/mol. The summed E-state index contributed by atoms with van der Waals surface area (Å²) in [5, 5.41) is -1.55. The molecule has 1 fully saturated rings. The summed E-state index contributed by atoms with van der Waals surface area (Å²) < 4.78 is 61.5. The van der Waals surface area contributed by atoms with E-state index in [4.69, 9.17) is 22.3 Å². The standard InChI is InChI=1S/C11H8Cl2F3NO3S/c12-8-3-1-2-7(11(14,15)16)10(8)17-5-6(4-9(17)18)21(13,19)20/h1-3,6H,4-5H2. The van der Waals surface area contributed by atoms with Crippen LogP contribution in [-0.4, -0.2) is 26.1 Å². The van der Waals surface area contributed by atoms with Crippen molar-refractivity contribution in [1.29, 1.82) is 0 Å². The first-order valence-electron chi connectivity index (χ1n) is 5.61. The predicted octanol–water partition coefficient (Wildman–Crippen LogP) is 3.03. The van der Waals surface area contributed by atoms with E-state index in [0.29, 0.717) is 0 Å². The first-order valence-corrected chi connectivity index (χ1v) is 8.36. The second-order valence-corrected chi connectivity index (χ2v) is 7.76. The topological polar surface area (TPSA) is 54.5 Å². The molecule has 116 valence electrons. The largest absolute Gasteiger partial charge is 0.418 e. The number of hydrogen-bond donors (Lipinski definition) is 0. The third kappa shape index (κ3) is 3.27. The molecular formula is C11H8Cl2F3NO3S. The van der Waals surface area contributed by atoms with Crippen molar-refractivity contribution in [3.63, 3.8) is 0 Å². The van der Waals surface area contributed by atoms with E-state index in [9.17, 15) is 26.4 Å². The second-order valence-electron chi connectivity index (χ2n) is 4.44. The summed E-state index contributed by atoms with van der Waals surface area (Å²) in [6, 6.07) is 3.07. The third-order valence-electron chi connectivity index (χ3n) is 3.05. The molecule has 1 unspecified atom stereocenters. The van der Waals surface area contributed by atoms with Gasteiger partial charge in [-0.3, -0.25) is 4.79 Å². The highest BCUT2D eigenvalue weighted by Crippen LogP contribution is 2.42. The molecule has 4 nitrogen and oxygen atoms in total. The number of amides is 1. The van der Waals surface area contributed by atoms with Gasteiger partial charge in [-0.2, -0.15) is 13.2 Å².